The molecule has 0 radical (unpaired) electrons. The van der Waals surface area contributed by atoms with Gasteiger partial charge < -0.3 is 10.0 Å². The van der Waals surface area contributed by atoms with Crippen LogP contribution in [0.1, 0.15) is 38.5 Å². The number of carboxylic acids is 1. The van der Waals surface area contributed by atoms with Gasteiger partial charge in [0.2, 0.25) is 5.91 Å². The summed E-state index contributed by atoms with van der Waals surface area (Å²) in [4.78, 5) is 26.6. The van der Waals surface area contributed by atoms with Crippen molar-refractivity contribution in [3.05, 3.63) is 0 Å². The minimum Gasteiger partial charge on any atom is -0.480 e. The number of hydrogen-bond donors (Lipinski definition) is 1. The first kappa shape index (κ1) is 14.3. The number of carbonyl (C=O) groups is 2. The molecule has 1 saturated carbocycles. The second-order valence-corrected chi connectivity index (χ2v) is 5.91. The molecular weight excluding hydrogens is 244 g/mol. The van der Waals surface area contributed by atoms with Crippen molar-refractivity contribution in [1.29, 1.82) is 0 Å². The van der Waals surface area contributed by atoms with Gasteiger partial charge in [-0.05, 0) is 38.6 Å². The van der Waals surface area contributed by atoms with E-state index in [-0.39, 0.29) is 19.0 Å². The van der Waals surface area contributed by atoms with Gasteiger partial charge in [-0.25, -0.2) is 0 Å². The summed E-state index contributed by atoms with van der Waals surface area (Å²) in [5.74, 6) is -0.110. The van der Waals surface area contributed by atoms with Crippen LogP contribution in [0.2, 0.25) is 0 Å². The molecule has 19 heavy (non-hydrogen) atoms. The highest BCUT2D eigenvalue weighted by Crippen LogP contribution is 2.35. The molecule has 2 rings (SSSR count). The van der Waals surface area contributed by atoms with E-state index in [2.05, 4.69) is 0 Å². The summed E-state index contributed by atoms with van der Waals surface area (Å²) in [7, 11) is 1.69. The van der Waals surface area contributed by atoms with E-state index in [4.69, 9.17) is 5.11 Å². The summed E-state index contributed by atoms with van der Waals surface area (Å²) < 4.78 is 0. The zero-order valence-corrected chi connectivity index (χ0v) is 11.7. The zero-order valence-electron chi connectivity index (χ0n) is 11.7. The van der Waals surface area contributed by atoms with Crippen molar-refractivity contribution in [3.8, 4) is 0 Å². The van der Waals surface area contributed by atoms with Crippen LogP contribution in [0.5, 0.6) is 0 Å². The van der Waals surface area contributed by atoms with Gasteiger partial charge in [-0.15, -0.1) is 0 Å². The molecule has 5 heteroatoms. The smallest absolute Gasteiger partial charge is 0.317 e. The average molecular weight is 268 g/mol. The fourth-order valence-electron chi connectivity index (χ4n) is 3.54. The van der Waals surface area contributed by atoms with Crippen LogP contribution < -0.4 is 0 Å². The van der Waals surface area contributed by atoms with Crippen LogP contribution in [0, 0.1) is 5.92 Å². The van der Waals surface area contributed by atoms with Gasteiger partial charge in [0.25, 0.3) is 0 Å². The fourth-order valence-corrected chi connectivity index (χ4v) is 3.54. The first-order chi connectivity index (χ1) is 9.08. The summed E-state index contributed by atoms with van der Waals surface area (Å²) >= 11 is 0. The monoisotopic (exact) mass is 268 g/mol. The van der Waals surface area contributed by atoms with Crippen LogP contribution in [0.15, 0.2) is 0 Å². The molecule has 2 atom stereocenters. The number of piperidine rings is 1. The quantitative estimate of drug-likeness (QED) is 0.832. The van der Waals surface area contributed by atoms with Crippen molar-refractivity contribution in [2.24, 2.45) is 5.92 Å². The van der Waals surface area contributed by atoms with Gasteiger partial charge in [0, 0.05) is 12.6 Å². The Kier molecular flexibility index (Phi) is 4.80. The number of likely N-dealkylation sites (N-methyl/N-ethyl adjacent to an activating group) is 1. The molecule has 5 nitrogen and oxygen atoms in total. The normalized spacial score (nSPS) is 27.2. The third-order valence-electron chi connectivity index (χ3n) is 4.37. The van der Waals surface area contributed by atoms with Crippen LogP contribution in [0.3, 0.4) is 0 Å². The molecule has 2 aliphatic rings. The molecule has 2 fully saturated rings. The first-order valence-corrected chi connectivity index (χ1v) is 7.27. The van der Waals surface area contributed by atoms with Gasteiger partial charge in [0.05, 0.1) is 13.1 Å². The van der Waals surface area contributed by atoms with Gasteiger partial charge in [0.1, 0.15) is 0 Å². The Balaban J connectivity index is 1.91. The lowest BCUT2D eigenvalue weighted by atomic mass is 9.78. The van der Waals surface area contributed by atoms with E-state index < -0.39 is 5.97 Å². The topological polar surface area (TPSA) is 60.9 Å². The summed E-state index contributed by atoms with van der Waals surface area (Å²) in [6, 6.07) is 0.410. The maximum atomic E-state index is 12.3. The summed E-state index contributed by atoms with van der Waals surface area (Å²) in [6.45, 7) is 0.990. The van der Waals surface area contributed by atoms with Crippen LogP contribution in [-0.4, -0.2) is 59.5 Å². The van der Waals surface area contributed by atoms with Crippen molar-refractivity contribution in [1.82, 2.24) is 9.80 Å². The highest BCUT2D eigenvalue weighted by atomic mass is 16.4. The Bertz CT molecular complexity index is 344. The fraction of sp³-hybridized carbons (Fsp3) is 0.857. The third-order valence-corrected chi connectivity index (χ3v) is 4.37. The van der Waals surface area contributed by atoms with Crippen molar-refractivity contribution >= 4 is 11.9 Å². The largest absolute Gasteiger partial charge is 0.480 e. The molecule has 108 valence electrons. The summed E-state index contributed by atoms with van der Waals surface area (Å²) in [5.41, 5.74) is 0. The number of aliphatic carboxylic acids is 1. The first-order valence-electron chi connectivity index (χ1n) is 7.27. The van der Waals surface area contributed by atoms with E-state index in [1.54, 1.807) is 11.9 Å². The molecule has 0 aromatic heterocycles. The minimum atomic E-state index is -0.885. The predicted octanol–water partition coefficient (Wildman–Crippen LogP) is 1.18. The molecule has 1 aliphatic heterocycles. The van der Waals surface area contributed by atoms with Crippen LogP contribution in [-0.2, 0) is 9.59 Å². The van der Waals surface area contributed by atoms with Gasteiger partial charge in [0.15, 0.2) is 0 Å². The van der Waals surface area contributed by atoms with Crippen molar-refractivity contribution in [2.45, 2.75) is 44.6 Å². The molecule has 1 heterocycles. The van der Waals surface area contributed by atoms with Crippen LogP contribution >= 0.6 is 0 Å². The number of amides is 1. The Morgan fingerprint density at radius 1 is 1.16 bits per heavy atom. The zero-order chi connectivity index (χ0) is 13.8. The molecule has 1 saturated heterocycles. The van der Waals surface area contributed by atoms with E-state index in [0.29, 0.717) is 12.0 Å². The minimum absolute atomic E-state index is 0.0757. The number of hydrogen-bond acceptors (Lipinski definition) is 3. The molecule has 0 bridgehead atoms. The van der Waals surface area contributed by atoms with E-state index in [1.165, 1.54) is 25.7 Å². The van der Waals surface area contributed by atoms with Crippen LogP contribution in [0.25, 0.3) is 0 Å². The Morgan fingerprint density at radius 2 is 1.84 bits per heavy atom. The molecule has 1 aliphatic carbocycles. The average Bonchev–Trinajstić information content (AvgIpc) is 2.36. The van der Waals surface area contributed by atoms with Gasteiger partial charge in [-0.2, -0.15) is 0 Å². The number of nitrogens with zero attached hydrogens (tertiary/aromatic N) is 2. The molecule has 0 aromatic rings. The second kappa shape index (κ2) is 6.37. The molecule has 1 N–H and O–H groups in total. The van der Waals surface area contributed by atoms with Crippen LogP contribution in [0.4, 0.5) is 0 Å². The lowest BCUT2D eigenvalue weighted by Gasteiger charge is -2.44. The van der Waals surface area contributed by atoms with Gasteiger partial charge in [-0.3, -0.25) is 14.5 Å². The predicted molar refractivity (Wildman–Crippen MR) is 71.8 cm³/mol. The Labute approximate surface area is 114 Å². The standard InChI is InChI=1S/C14H24N2O3/c1-15(10-14(18)19)9-13(17)16-8-4-6-11-5-2-3-7-12(11)16/h11-12H,2-10H2,1H3,(H,18,19)/t11-,12+/m0/s1. The highest BCUT2D eigenvalue weighted by molar-refractivity contribution is 5.79. The van der Waals surface area contributed by atoms with Gasteiger partial charge in [-0.1, -0.05) is 12.8 Å². The third kappa shape index (κ3) is 3.69. The number of rotatable bonds is 4. The maximum absolute atomic E-state index is 12.3. The van der Waals surface area contributed by atoms with Gasteiger partial charge >= 0.3 is 5.97 Å². The van der Waals surface area contributed by atoms with Crippen molar-refractivity contribution in [2.75, 3.05) is 26.7 Å². The molecule has 0 aromatic carbocycles. The summed E-state index contributed by atoms with van der Waals surface area (Å²) in [5, 5.41) is 8.73. The lowest BCUT2D eigenvalue weighted by molar-refractivity contribution is -0.141. The SMILES string of the molecule is CN(CC(=O)O)CC(=O)N1CCC[C@@H]2CCCC[C@H]21. The highest BCUT2D eigenvalue weighted by Gasteiger charge is 2.35. The second-order valence-electron chi connectivity index (χ2n) is 5.91. The number of fused-ring (bicyclic) bond motifs is 1. The maximum Gasteiger partial charge on any atom is 0.317 e. The lowest BCUT2D eigenvalue weighted by Crippen LogP contribution is -2.52. The Morgan fingerprint density at radius 3 is 2.58 bits per heavy atom. The number of likely N-dealkylation sites (tertiary alicyclic amines) is 1. The number of carboxylic acid groups (broad SMARTS) is 1. The summed E-state index contributed by atoms with van der Waals surface area (Å²) in [6.07, 6.45) is 7.23. The molecule has 1 amide bonds. The van der Waals surface area contributed by atoms with Crippen molar-refractivity contribution < 1.29 is 14.7 Å². The van der Waals surface area contributed by atoms with E-state index >= 15 is 0 Å². The number of carbonyl (C=O) groups excluding carboxylic acids is 1. The molecule has 0 unspecified atom stereocenters. The molecular formula is C14H24N2O3. The molecule has 0 spiro atoms. The van der Waals surface area contributed by atoms with E-state index in [9.17, 15) is 9.59 Å². The Hall–Kier alpha value is -1.10. The van der Waals surface area contributed by atoms with Crippen molar-refractivity contribution in [3.63, 3.8) is 0 Å². The van der Waals surface area contributed by atoms with E-state index in [1.807, 2.05) is 4.90 Å². The van der Waals surface area contributed by atoms with E-state index in [0.717, 1.165) is 19.4 Å².